The molecule has 0 rings (SSSR count). The van der Waals surface area contributed by atoms with Crippen molar-refractivity contribution in [1.29, 1.82) is 0 Å². The highest BCUT2D eigenvalue weighted by Crippen LogP contribution is 2.36. The molecule has 0 saturated carbocycles. The largest absolute Gasteiger partial charge is 0.417 e. The topological polar surface area (TPSA) is 49.7 Å². The van der Waals surface area contributed by atoms with Gasteiger partial charge in [-0.2, -0.15) is 0 Å². The maximum atomic E-state index is 9.64. The monoisotopic (exact) mass is 272 g/mol. The molecular weight excluding hydrogens is 244 g/mol. The van der Waals surface area contributed by atoms with Crippen LogP contribution in [0.2, 0.25) is 18.1 Å². The van der Waals surface area contributed by atoms with Crippen LogP contribution in [0.15, 0.2) is 0 Å². The summed E-state index contributed by atoms with van der Waals surface area (Å²) in [5, 5.41) is 18.4. The Bertz CT molecular complexity index is 284. The number of hydrogen-bond donors (Lipinski definition) is 2. The molecule has 0 saturated heterocycles. The van der Waals surface area contributed by atoms with Gasteiger partial charge in [0, 0.05) is 13.0 Å². The molecule has 0 amide bonds. The Kier molecular flexibility index (Phi) is 7.80. The van der Waals surface area contributed by atoms with E-state index in [4.69, 9.17) is 9.53 Å². The van der Waals surface area contributed by atoms with Crippen LogP contribution < -0.4 is 0 Å². The fourth-order valence-corrected chi connectivity index (χ4v) is 2.30. The second-order valence-corrected chi connectivity index (χ2v) is 10.9. The molecule has 1 atom stereocenters. The molecule has 0 bridgehead atoms. The minimum atomic E-state index is -1.65. The Morgan fingerprint density at radius 1 is 1.22 bits per heavy atom. The van der Waals surface area contributed by atoms with E-state index in [1.165, 1.54) is 0 Å². The average molecular weight is 272 g/mol. The average Bonchev–Trinajstić information content (AvgIpc) is 2.23. The molecule has 0 radical (unpaired) electrons. The van der Waals surface area contributed by atoms with Gasteiger partial charge in [0.1, 0.15) is 6.61 Å². The normalized spacial score (nSPS) is 13.9. The van der Waals surface area contributed by atoms with Crippen LogP contribution in [-0.2, 0) is 4.43 Å². The van der Waals surface area contributed by atoms with Gasteiger partial charge in [-0.1, -0.05) is 32.6 Å². The van der Waals surface area contributed by atoms with Crippen LogP contribution in [0.1, 0.15) is 40.0 Å². The van der Waals surface area contributed by atoms with Crippen molar-refractivity contribution >= 4 is 8.32 Å². The highest BCUT2D eigenvalue weighted by molar-refractivity contribution is 6.74. The van der Waals surface area contributed by atoms with Crippen LogP contribution >= 0.6 is 0 Å². The molecule has 0 fully saturated rings. The van der Waals surface area contributed by atoms with Crippen LogP contribution in [0, 0.1) is 11.8 Å². The van der Waals surface area contributed by atoms with Crippen molar-refractivity contribution in [3.05, 3.63) is 0 Å². The third-order valence-electron chi connectivity index (χ3n) is 3.49. The molecule has 18 heavy (non-hydrogen) atoms. The van der Waals surface area contributed by atoms with Crippen LogP contribution in [0.5, 0.6) is 0 Å². The zero-order valence-corrected chi connectivity index (χ0v) is 13.4. The van der Waals surface area contributed by atoms with Crippen molar-refractivity contribution in [2.45, 2.75) is 64.3 Å². The minimum Gasteiger partial charge on any atom is -0.417 e. The number of aliphatic hydroxyl groups is 2. The molecule has 2 N–H and O–H groups in total. The summed E-state index contributed by atoms with van der Waals surface area (Å²) >= 11 is 0. The van der Waals surface area contributed by atoms with E-state index in [2.05, 4.69) is 45.7 Å². The predicted octanol–water partition coefficient (Wildman–Crippen LogP) is 2.54. The van der Waals surface area contributed by atoms with Crippen LogP contribution in [0.25, 0.3) is 0 Å². The van der Waals surface area contributed by atoms with E-state index >= 15 is 0 Å². The molecule has 0 heterocycles. The van der Waals surface area contributed by atoms with Gasteiger partial charge in [-0.05, 0) is 31.0 Å². The van der Waals surface area contributed by atoms with Crippen molar-refractivity contribution in [2.24, 2.45) is 0 Å². The van der Waals surface area contributed by atoms with Crippen LogP contribution in [0.3, 0.4) is 0 Å². The first-order chi connectivity index (χ1) is 8.20. The molecule has 0 unspecified atom stereocenters. The second-order valence-electron chi connectivity index (χ2n) is 6.12. The summed E-state index contributed by atoms with van der Waals surface area (Å²) < 4.78 is 6.02. The van der Waals surface area contributed by atoms with E-state index in [-0.39, 0.29) is 11.6 Å². The van der Waals surface area contributed by atoms with E-state index in [1.807, 2.05) is 0 Å². The van der Waals surface area contributed by atoms with Gasteiger partial charge in [0.05, 0.1) is 6.10 Å². The van der Waals surface area contributed by atoms with Crippen molar-refractivity contribution in [1.82, 2.24) is 0 Å². The standard InChI is InChI=1S/C14H28O3Si/c1-14(2,3)18(4,5)17-12-8-10-13(16)9-6-7-11-15/h13,15-16H,8-12H2,1-5H3/t13-/m0/s1. The molecule has 4 heteroatoms. The van der Waals surface area contributed by atoms with Gasteiger partial charge in [0.15, 0.2) is 8.32 Å². The highest BCUT2D eigenvalue weighted by Gasteiger charge is 2.36. The molecule has 3 nitrogen and oxygen atoms in total. The lowest BCUT2D eigenvalue weighted by molar-refractivity contribution is 0.155. The summed E-state index contributed by atoms with van der Waals surface area (Å²) in [5.74, 6) is 5.27. The van der Waals surface area contributed by atoms with Gasteiger partial charge < -0.3 is 14.6 Å². The summed E-state index contributed by atoms with van der Waals surface area (Å²) in [6, 6.07) is 0. The van der Waals surface area contributed by atoms with Crippen molar-refractivity contribution in [3.8, 4) is 11.8 Å². The lowest BCUT2D eigenvalue weighted by Gasteiger charge is -2.36. The quantitative estimate of drug-likeness (QED) is 0.444. The number of aliphatic hydroxyl groups excluding tert-OH is 2. The van der Waals surface area contributed by atoms with Crippen molar-refractivity contribution < 1.29 is 14.6 Å². The van der Waals surface area contributed by atoms with E-state index < -0.39 is 14.4 Å². The zero-order valence-electron chi connectivity index (χ0n) is 12.4. The third-order valence-corrected chi connectivity index (χ3v) is 8.03. The molecule has 0 aromatic rings. The molecule has 0 aliphatic rings. The van der Waals surface area contributed by atoms with Crippen molar-refractivity contribution in [3.63, 3.8) is 0 Å². The van der Waals surface area contributed by atoms with Gasteiger partial charge in [0.2, 0.25) is 0 Å². The zero-order chi connectivity index (χ0) is 14.2. The SMILES string of the molecule is CC(C)(C)[Si](C)(C)OCCC[C@@H](O)CC#CCO. The van der Waals surface area contributed by atoms with Gasteiger partial charge in [0.25, 0.3) is 0 Å². The van der Waals surface area contributed by atoms with Gasteiger partial charge in [-0.15, -0.1) is 0 Å². The Labute approximate surface area is 113 Å². The van der Waals surface area contributed by atoms with Gasteiger partial charge in [-0.25, -0.2) is 0 Å². The molecular formula is C14H28O3Si. The fraction of sp³-hybridized carbons (Fsp3) is 0.857. The summed E-state index contributed by atoms with van der Waals surface area (Å²) in [4.78, 5) is 0. The summed E-state index contributed by atoms with van der Waals surface area (Å²) in [6.07, 6.45) is 1.58. The molecule has 0 aromatic heterocycles. The Morgan fingerprint density at radius 3 is 2.33 bits per heavy atom. The van der Waals surface area contributed by atoms with Crippen LogP contribution in [0.4, 0.5) is 0 Å². The molecule has 106 valence electrons. The first-order valence-corrected chi connectivity index (χ1v) is 9.50. The number of hydrogen-bond acceptors (Lipinski definition) is 3. The van der Waals surface area contributed by atoms with E-state index in [0.29, 0.717) is 19.4 Å². The van der Waals surface area contributed by atoms with Crippen LogP contribution in [-0.4, -0.2) is 37.8 Å². The Morgan fingerprint density at radius 2 is 1.83 bits per heavy atom. The van der Waals surface area contributed by atoms with Gasteiger partial charge >= 0.3 is 0 Å². The summed E-state index contributed by atoms with van der Waals surface area (Å²) in [6.45, 7) is 11.7. The maximum Gasteiger partial charge on any atom is 0.191 e. The fourth-order valence-electron chi connectivity index (χ4n) is 1.21. The molecule has 0 spiro atoms. The van der Waals surface area contributed by atoms with E-state index in [1.54, 1.807) is 0 Å². The Hall–Kier alpha value is -0.343. The lowest BCUT2D eigenvalue weighted by Crippen LogP contribution is -2.41. The number of rotatable bonds is 6. The van der Waals surface area contributed by atoms with Crippen molar-refractivity contribution in [2.75, 3.05) is 13.2 Å². The summed E-state index contributed by atoms with van der Waals surface area (Å²) in [5.41, 5.74) is 0. The highest BCUT2D eigenvalue weighted by atomic mass is 28.4. The second kappa shape index (κ2) is 7.95. The molecule has 0 aliphatic carbocycles. The molecule has 0 aliphatic heterocycles. The summed E-state index contributed by atoms with van der Waals surface area (Å²) in [7, 11) is -1.65. The van der Waals surface area contributed by atoms with E-state index in [0.717, 1.165) is 6.42 Å². The van der Waals surface area contributed by atoms with Gasteiger partial charge in [-0.3, -0.25) is 0 Å². The first kappa shape index (κ1) is 17.7. The predicted molar refractivity (Wildman–Crippen MR) is 77.9 cm³/mol. The maximum absolute atomic E-state index is 9.64. The first-order valence-electron chi connectivity index (χ1n) is 6.59. The third kappa shape index (κ3) is 7.17. The van der Waals surface area contributed by atoms with E-state index in [9.17, 15) is 5.11 Å². The minimum absolute atomic E-state index is 0.138. The Balaban J connectivity index is 3.80. The smallest absolute Gasteiger partial charge is 0.191 e. The molecule has 0 aromatic carbocycles. The lowest BCUT2D eigenvalue weighted by atomic mass is 10.1.